The van der Waals surface area contributed by atoms with Crippen molar-refractivity contribution in [3.63, 3.8) is 0 Å². The molecular weight excluding hydrogens is 426 g/mol. The SMILES string of the molecule is CC(Sc1nnc(-c2cc(Br)ccc2O)n1C)C(=O)Nc1nccs1. The number of hydrogen-bond acceptors (Lipinski definition) is 7. The van der Waals surface area contributed by atoms with Crippen molar-refractivity contribution in [1.82, 2.24) is 19.7 Å². The van der Waals surface area contributed by atoms with Gasteiger partial charge < -0.3 is 15.0 Å². The first-order chi connectivity index (χ1) is 12.0. The highest BCUT2D eigenvalue weighted by Crippen LogP contribution is 2.33. The third-order valence-corrected chi connectivity index (χ3v) is 5.66. The number of phenolic OH excluding ortho intramolecular Hbond substituents is 1. The molecule has 0 saturated carbocycles. The van der Waals surface area contributed by atoms with Crippen molar-refractivity contribution >= 4 is 50.1 Å². The van der Waals surface area contributed by atoms with Gasteiger partial charge in [0.15, 0.2) is 16.1 Å². The lowest BCUT2D eigenvalue weighted by Gasteiger charge is -2.10. The van der Waals surface area contributed by atoms with Crippen molar-refractivity contribution in [2.45, 2.75) is 17.3 Å². The van der Waals surface area contributed by atoms with E-state index < -0.39 is 0 Å². The summed E-state index contributed by atoms with van der Waals surface area (Å²) in [6.07, 6.45) is 1.64. The van der Waals surface area contributed by atoms with E-state index >= 15 is 0 Å². The van der Waals surface area contributed by atoms with Crippen LogP contribution in [0.5, 0.6) is 5.75 Å². The number of amides is 1. The minimum absolute atomic E-state index is 0.116. The number of nitrogens with zero attached hydrogens (tertiary/aromatic N) is 4. The Morgan fingerprint density at radius 1 is 1.44 bits per heavy atom. The minimum Gasteiger partial charge on any atom is -0.507 e. The van der Waals surface area contributed by atoms with Gasteiger partial charge in [-0.25, -0.2) is 4.98 Å². The van der Waals surface area contributed by atoms with E-state index in [0.29, 0.717) is 21.7 Å². The van der Waals surface area contributed by atoms with Crippen molar-refractivity contribution in [3.05, 3.63) is 34.2 Å². The predicted octanol–water partition coefficient (Wildman–Crippen LogP) is 3.53. The Bertz CT molecular complexity index is 897. The Morgan fingerprint density at radius 3 is 2.96 bits per heavy atom. The van der Waals surface area contributed by atoms with Crippen LogP contribution in [-0.2, 0) is 11.8 Å². The van der Waals surface area contributed by atoms with Crippen molar-refractivity contribution in [2.24, 2.45) is 7.05 Å². The van der Waals surface area contributed by atoms with E-state index in [-0.39, 0.29) is 16.9 Å². The number of thioether (sulfide) groups is 1. The fourth-order valence-electron chi connectivity index (χ4n) is 2.04. The quantitative estimate of drug-likeness (QED) is 0.590. The standard InChI is InChI=1S/C15H14BrN5O2S2/c1-8(13(23)18-14-17-5-6-24-14)25-15-20-19-12(21(15)2)10-7-9(16)3-4-11(10)22/h3-8,22H,1-2H3,(H,17,18,23). The second-order valence-electron chi connectivity index (χ2n) is 5.11. The van der Waals surface area contributed by atoms with Crippen LogP contribution in [0.15, 0.2) is 39.4 Å². The van der Waals surface area contributed by atoms with Gasteiger partial charge in [-0.15, -0.1) is 21.5 Å². The van der Waals surface area contributed by atoms with E-state index in [0.717, 1.165) is 4.47 Å². The average Bonchev–Trinajstić information content (AvgIpc) is 3.21. The number of anilines is 1. The van der Waals surface area contributed by atoms with Gasteiger partial charge in [-0.05, 0) is 25.1 Å². The van der Waals surface area contributed by atoms with Crippen LogP contribution >= 0.6 is 39.0 Å². The zero-order valence-corrected chi connectivity index (χ0v) is 16.5. The van der Waals surface area contributed by atoms with Crippen LogP contribution in [0.4, 0.5) is 5.13 Å². The molecule has 2 heterocycles. The molecule has 0 saturated heterocycles. The van der Waals surface area contributed by atoms with E-state index in [1.807, 2.05) is 0 Å². The molecule has 0 aliphatic rings. The summed E-state index contributed by atoms with van der Waals surface area (Å²) in [4.78, 5) is 16.3. The topological polar surface area (TPSA) is 92.9 Å². The number of hydrogen-bond donors (Lipinski definition) is 2. The van der Waals surface area contributed by atoms with E-state index in [1.165, 1.54) is 23.1 Å². The fourth-order valence-corrected chi connectivity index (χ4v) is 3.75. The molecule has 3 aromatic rings. The molecule has 0 fully saturated rings. The third kappa shape index (κ3) is 4.02. The lowest BCUT2D eigenvalue weighted by molar-refractivity contribution is -0.115. The van der Waals surface area contributed by atoms with Crippen LogP contribution in [0, 0.1) is 0 Å². The second-order valence-corrected chi connectivity index (χ2v) is 8.23. The molecule has 1 unspecified atom stereocenters. The maximum absolute atomic E-state index is 12.2. The lowest BCUT2D eigenvalue weighted by Crippen LogP contribution is -2.22. The molecule has 0 aliphatic carbocycles. The number of nitrogens with one attached hydrogen (secondary N) is 1. The highest BCUT2D eigenvalue weighted by atomic mass is 79.9. The number of aromatic nitrogens is 4. The molecule has 7 nitrogen and oxygen atoms in total. The summed E-state index contributed by atoms with van der Waals surface area (Å²) in [5.74, 6) is 0.480. The second kappa shape index (κ2) is 7.54. The molecule has 0 bridgehead atoms. The first-order valence-corrected chi connectivity index (χ1v) is 9.76. The molecule has 2 aromatic heterocycles. The number of carbonyl (C=O) groups is 1. The summed E-state index contributed by atoms with van der Waals surface area (Å²) in [5, 5.41) is 23.7. The van der Waals surface area contributed by atoms with Gasteiger partial charge >= 0.3 is 0 Å². The smallest absolute Gasteiger partial charge is 0.239 e. The molecular formula is C15H14BrN5O2S2. The van der Waals surface area contributed by atoms with Gasteiger partial charge in [-0.2, -0.15) is 0 Å². The third-order valence-electron chi connectivity index (χ3n) is 3.35. The highest BCUT2D eigenvalue weighted by Gasteiger charge is 2.21. The van der Waals surface area contributed by atoms with Crippen molar-refractivity contribution in [3.8, 4) is 17.1 Å². The maximum atomic E-state index is 12.2. The van der Waals surface area contributed by atoms with Crippen molar-refractivity contribution in [1.29, 1.82) is 0 Å². The number of halogens is 1. The fraction of sp³-hybridized carbons (Fsp3) is 0.200. The van der Waals surface area contributed by atoms with E-state index in [9.17, 15) is 9.90 Å². The summed E-state index contributed by atoms with van der Waals surface area (Å²) in [5.41, 5.74) is 0.566. The molecule has 1 atom stereocenters. The van der Waals surface area contributed by atoms with Gasteiger partial charge in [-0.1, -0.05) is 27.7 Å². The number of thiazole rings is 1. The minimum atomic E-state index is -0.379. The molecule has 1 amide bonds. The summed E-state index contributed by atoms with van der Waals surface area (Å²) >= 11 is 6.03. The summed E-state index contributed by atoms with van der Waals surface area (Å²) < 4.78 is 2.58. The van der Waals surface area contributed by atoms with Crippen LogP contribution in [0.25, 0.3) is 11.4 Å². The lowest BCUT2D eigenvalue weighted by atomic mass is 10.2. The molecule has 25 heavy (non-hydrogen) atoms. The number of phenols is 1. The molecule has 0 spiro atoms. The Labute approximate surface area is 160 Å². The number of rotatable bonds is 5. The van der Waals surface area contributed by atoms with Crippen molar-refractivity contribution < 1.29 is 9.90 Å². The van der Waals surface area contributed by atoms with Crippen LogP contribution in [-0.4, -0.2) is 36.0 Å². The Kier molecular flexibility index (Phi) is 5.40. The Hall–Kier alpha value is -1.91. The molecule has 1 aromatic carbocycles. The first kappa shape index (κ1) is 17.9. The number of aromatic hydroxyl groups is 1. The van der Waals surface area contributed by atoms with Crippen LogP contribution in [0.1, 0.15) is 6.92 Å². The van der Waals surface area contributed by atoms with Gasteiger partial charge in [0.2, 0.25) is 5.91 Å². The highest BCUT2D eigenvalue weighted by molar-refractivity contribution is 9.10. The first-order valence-electron chi connectivity index (χ1n) is 7.21. The molecule has 2 N–H and O–H groups in total. The summed E-state index contributed by atoms with van der Waals surface area (Å²) in [6.45, 7) is 1.79. The van der Waals surface area contributed by atoms with Gasteiger partial charge in [0.25, 0.3) is 0 Å². The Balaban J connectivity index is 1.77. The van der Waals surface area contributed by atoms with Gasteiger partial charge in [0, 0.05) is 23.1 Å². The zero-order chi connectivity index (χ0) is 18.0. The molecule has 130 valence electrons. The van der Waals surface area contributed by atoms with E-state index in [4.69, 9.17) is 0 Å². The number of benzene rings is 1. The molecule has 3 rings (SSSR count). The summed E-state index contributed by atoms with van der Waals surface area (Å²) in [6, 6.07) is 5.10. The average molecular weight is 440 g/mol. The maximum Gasteiger partial charge on any atom is 0.239 e. The van der Waals surface area contributed by atoms with Crippen molar-refractivity contribution in [2.75, 3.05) is 5.32 Å². The molecule has 10 heteroatoms. The van der Waals surface area contributed by atoms with Gasteiger partial charge in [-0.3, -0.25) is 4.79 Å². The predicted molar refractivity (Wildman–Crippen MR) is 102 cm³/mol. The zero-order valence-electron chi connectivity index (χ0n) is 13.3. The van der Waals surface area contributed by atoms with Crippen LogP contribution < -0.4 is 5.32 Å². The summed E-state index contributed by atoms with van der Waals surface area (Å²) in [7, 11) is 1.80. The van der Waals surface area contributed by atoms with Gasteiger partial charge in [0.05, 0.1) is 10.8 Å². The monoisotopic (exact) mass is 439 g/mol. The normalized spacial score (nSPS) is 12.1. The van der Waals surface area contributed by atoms with Crippen LogP contribution in [0.2, 0.25) is 0 Å². The van der Waals surface area contributed by atoms with Crippen LogP contribution in [0.3, 0.4) is 0 Å². The van der Waals surface area contributed by atoms with E-state index in [2.05, 4.69) is 36.4 Å². The van der Waals surface area contributed by atoms with Gasteiger partial charge in [0.1, 0.15) is 5.75 Å². The molecule has 0 aliphatic heterocycles. The molecule has 0 radical (unpaired) electrons. The number of carbonyl (C=O) groups excluding carboxylic acids is 1. The van der Waals surface area contributed by atoms with E-state index in [1.54, 1.807) is 48.3 Å². The Morgan fingerprint density at radius 2 is 2.24 bits per heavy atom. The largest absolute Gasteiger partial charge is 0.507 e.